The zero-order valence-corrected chi connectivity index (χ0v) is 11.1. The first-order valence-electron chi connectivity index (χ1n) is 6.08. The Kier molecular flexibility index (Phi) is 3.82. The highest BCUT2D eigenvalue weighted by molar-refractivity contribution is 5.47. The van der Waals surface area contributed by atoms with E-state index in [2.05, 4.69) is 45.5 Å². The molecule has 1 aromatic heterocycles. The van der Waals surface area contributed by atoms with Gasteiger partial charge >= 0.3 is 0 Å². The van der Waals surface area contributed by atoms with Crippen molar-refractivity contribution in [2.45, 2.75) is 13.5 Å². The van der Waals surface area contributed by atoms with Crippen LogP contribution in [0.4, 0.5) is 11.4 Å². The highest BCUT2D eigenvalue weighted by Crippen LogP contribution is 2.13. The van der Waals surface area contributed by atoms with Crippen LogP contribution < -0.4 is 10.2 Å². The van der Waals surface area contributed by atoms with E-state index in [1.165, 1.54) is 11.3 Å². The maximum absolute atomic E-state index is 4.26. The molecular weight excluding hydrogens is 222 g/mol. The lowest BCUT2D eigenvalue weighted by Crippen LogP contribution is -2.08. The Hall–Kier alpha value is -2.03. The highest BCUT2D eigenvalue weighted by atomic mass is 15.1. The highest BCUT2D eigenvalue weighted by Gasteiger charge is 1.97. The van der Waals surface area contributed by atoms with Crippen LogP contribution in [0.1, 0.15) is 11.3 Å². The third-order valence-corrected chi connectivity index (χ3v) is 2.86. The summed E-state index contributed by atoms with van der Waals surface area (Å²) in [5.74, 6) is 0. The van der Waals surface area contributed by atoms with Crippen LogP contribution >= 0.6 is 0 Å². The lowest BCUT2D eigenvalue weighted by Gasteiger charge is -2.13. The zero-order valence-electron chi connectivity index (χ0n) is 11.1. The smallest absolute Gasteiger partial charge is 0.0529 e. The first kappa shape index (κ1) is 12.4. The fraction of sp³-hybridized carbons (Fsp3) is 0.267. The molecule has 2 aromatic rings. The summed E-state index contributed by atoms with van der Waals surface area (Å²) in [5.41, 5.74) is 4.57. The van der Waals surface area contributed by atoms with Crippen molar-refractivity contribution in [1.82, 2.24) is 4.98 Å². The zero-order chi connectivity index (χ0) is 13.0. The molecule has 0 unspecified atom stereocenters. The maximum atomic E-state index is 4.26. The molecular formula is C15H19N3. The van der Waals surface area contributed by atoms with Gasteiger partial charge in [-0.15, -0.1) is 0 Å². The number of anilines is 2. The number of pyridine rings is 1. The first-order chi connectivity index (χ1) is 8.65. The number of nitrogens with one attached hydrogen (secondary N) is 1. The van der Waals surface area contributed by atoms with Gasteiger partial charge in [0.25, 0.3) is 0 Å². The lowest BCUT2D eigenvalue weighted by molar-refractivity contribution is 1.10. The number of aryl methyl sites for hydroxylation is 1. The predicted molar refractivity (Wildman–Crippen MR) is 77.1 cm³/mol. The average molecular weight is 241 g/mol. The third kappa shape index (κ3) is 3.23. The van der Waals surface area contributed by atoms with E-state index in [1.807, 2.05) is 33.3 Å². The van der Waals surface area contributed by atoms with Crippen LogP contribution in [0.3, 0.4) is 0 Å². The van der Waals surface area contributed by atoms with E-state index in [0.29, 0.717) is 0 Å². The average Bonchev–Trinajstić information content (AvgIpc) is 2.38. The minimum atomic E-state index is 0.818. The van der Waals surface area contributed by atoms with Gasteiger partial charge in [0.15, 0.2) is 0 Å². The summed E-state index contributed by atoms with van der Waals surface area (Å²) in [6.45, 7) is 2.81. The third-order valence-electron chi connectivity index (χ3n) is 2.86. The van der Waals surface area contributed by atoms with Gasteiger partial charge in [0.05, 0.1) is 11.9 Å². The number of rotatable bonds is 4. The first-order valence-corrected chi connectivity index (χ1v) is 6.08. The van der Waals surface area contributed by atoms with Gasteiger partial charge in [0.1, 0.15) is 0 Å². The Balaban J connectivity index is 1.95. The van der Waals surface area contributed by atoms with E-state index in [-0.39, 0.29) is 0 Å². The summed E-state index contributed by atoms with van der Waals surface area (Å²) in [7, 11) is 4.09. The number of nitrogens with zero attached hydrogens (tertiary/aromatic N) is 2. The molecule has 94 valence electrons. The Morgan fingerprint density at radius 2 is 1.78 bits per heavy atom. The topological polar surface area (TPSA) is 28.2 Å². The predicted octanol–water partition coefficient (Wildman–Crippen LogP) is 3.07. The van der Waals surface area contributed by atoms with E-state index in [0.717, 1.165) is 17.9 Å². The van der Waals surface area contributed by atoms with Crippen LogP contribution in [0.5, 0.6) is 0 Å². The van der Waals surface area contributed by atoms with E-state index in [1.54, 1.807) is 0 Å². The standard InChI is InChI=1S/C15H19N3/c1-12-4-7-14(11-16-12)17-10-13-5-8-15(9-6-13)18(2)3/h4-9,11,17H,10H2,1-3H3. The normalized spacial score (nSPS) is 10.2. The van der Waals surface area contributed by atoms with E-state index < -0.39 is 0 Å². The molecule has 0 spiro atoms. The van der Waals surface area contributed by atoms with Crippen LogP contribution in [0.25, 0.3) is 0 Å². The molecule has 0 saturated heterocycles. The van der Waals surface area contributed by atoms with Crippen LogP contribution in [-0.4, -0.2) is 19.1 Å². The van der Waals surface area contributed by atoms with Crippen molar-refractivity contribution in [3.8, 4) is 0 Å². The molecule has 0 aliphatic carbocycles. The van der Waals surface area contributed by atoms with E-state index in [4.69, 9.17) is 0 Å². The molecule has 1 N–H and O–H groups in total. The van der Waals surface area contributed by atoms with Crippen molar-refractivity contribution in [3.05, 3.63) is 53.9 Å². The number of hydrogen-bond donors (Lipinski definition) is 1. The van der Waals surface area contributed by atoms with Crippen molar-refractivity contribution in [1.29, 1.82) is 0 Å². The summed E-state index contributed by atoms with van der Waals surface area (Å²) in [4.78, 5) is 6.36. The molecule has 0 saturated carbocycles. The van der Waals surface area contributed by atoms with Crippen molar-refractivity contribution in [3.63, 3.8) is 0 Å². The van der Waals surface area contributed by atoms with Gasteiger partial charge in [-0.1, -0.05) is 12.1 Å². The number of hydrogen-bond acceptors (Lipinski definition) is 3. The summed E-state index contributed by atoms with van der Waals surface area (Å²) in [6.07, 6.45) is 1.86. The molecule has 0 atom stereocenters. The second-order valence-electron chi connectivity index (χ2n) is 4.60. The Morgan fingerprint density at radius 1 is 1.06 bits per heavy atom. The number of aromatic nitrogens is 1. The molecule has 1 aromatic carbocycles. The molecule has 1 heterocycles. The molecule has 3 nitrogen and oxygen atoms in total. The van der Waals surface area contributed by atoms with Gasteiger partial charge in [0, 0.05) is 32.0 Å². The second kappa shape index (κ2) is 5.54. The van der Waals surface area contributed by atoms with Gasteiger partial charge in [-0.3, -0.25) is 4.98 Å². The van der Waals surface area contributed by atoms with Crippen molar-refractivity contribution < 1.29 is 0 Å². The molecule has 0 aliphatic rings. The molecule has 0 bridgehead atoms. The quantitative estimate of drug-likeness (QED) is 0.891. The lowest BCUT2D eigenvalue weighted by atomic mass is 10.2. The maximum Gasteiger partial charge on any atom is 0.0529 e. The minimum Gasteiger partial charge on any atom is -0.380 e. The summed E-state index contributed by atoms with van der Waals surface area (Å²) >= 11 is 0. The SMILES string of the molecule is Cc1ccc(NCc2ccc(N(C)C)cc2)cn1. The van der Waals surface area contributed by atoms with Gasteiger partial charge in [0.2, 0.25) is 0 Å². The van der Waals surface area contributed by atoms with Crippen LogP contribution in [0, 0.1) is 6.92 Å². The van der Waals surface area contributed by atoms with Gasteiger partial charge in [-0.25, -0.2) is 0 Å². The van der Waals surface area contributed by atoms with Crippen LogP contribution in [-0.2, 0) is 6.54 Å². The molecule has 2 rings (SSSR count). The Morgan fingerprint density at radius 3 is 2.33 bits per heavy atom. The van der Waals surface area contributed by atoms with Crippen molar-refractivity contribution >= 4 is 11.4 Å². The molecule has 0 radical (unpaired) electrons. The largest absolute Gasteiger partial charge is 0.380 e. The molecule has 0 aliphatic heterocycles. The second-order valence-corrected chi connectivity index (χ2v) is 4.60. The fourth-order valence-corrected chi connectivity index (χ4v) is 1.69. The fourth-order valence-electron chi connectivity index (χ4n) is 1.69. The number of benzene rings is 1. The van der Waals surface area contributed by atoms with Crippen molar-refractivity contribution in [2.75, 3.05) is 24.3 Å². The molecule has 18 heavy (non-hydrogen) atoms. The summed E-state index contributed by atoms with van der Waals surface area (Å²) < 4.78 is 0. The molecule has 0 fully saturated rings. The van der Waals surface area contributed by atoms with Gasteiger partial charge < -0.3 is 10.2 Å². The minimum absolute atomic E-state index is 0.818. The monoisotopic (exact) mass is 241 g/mol. The summed E-state index contributed by atoms with van der Waals surface area (Å²) in [6, 6.07) is 12.6. The van der Waals surface area contributed by atoms with E-state index >= 15 is 0 Å². The molecule has 0 amide bonds. The van der Waals surface area contributed by atoms with Crippen LogP contribution in [0.15, 0.2) is 42.6 Å². The Labute approximate surface area is 108 Å². The summed E-state index contributed by atoms with van der Waals surface area (Å²) in [5, 5.41) is 3.36. The van der Waals surface area contributed by atoms with Gasteiger partial charge in [-0.05, 0) is 36.8 Å². The van der Waals surface area contributed by atoms with Crippen molar-refractivity contribution in [2.24, 2.45) is 0 Å². The molecule has 3 heteroatoms. The van der Waals surface area contributed by atoms with E-state index in [9.17, 15) is 0 Å². The van der Waals surface area contributed by atoms with Crippen LogP contribution in [0.2, 0.25) is 0 Å². The Bertz CT molecular complexity index is 486. The van der Waals surface area contributed by atoms with Gasteiger partial charge in [-0.2, -0.15) is 0 Å².